The van der Waals surface area contributed by atoms with Crippen LogP contribution in [-0.4, -0.2) is 27.9 Å². The van der Waals surface area contributed by atoms with Crippen LogP contribution in [0.2, 0.25) is 0 Å². The smallest absolute Gasteiger partial charge is 0.247 e. The summed E-state index contributed by atoms with van der Waals surface area (Å²) in [5, 5.41) is 18.1. The van der Waals surface area contributed by atoms with Crippen molar-refractivity contribution in [2.45, 2.75) is 13.3 Å². The zero-order valence-electron chi connectivity index (χ0n) is 5.02. The van der Waals surface area contributed by atoms with Crippen LogP contribution in [0.1, 0.15) is 6.92 Å². The van der Waals surface area contributed by atoms with E-state index in [1.54, 1.807) is 6.92 Å². The predicted octanol–water partition coefficient (Wildman–Crippen LogP) is -0.0583. The highest BCUT2D eigenvalue weighted by atomic mass is 16.5. The molecular formula is C5H8N2O2. The van der Waals surface area contributed by atoms with Gasteiger partial charge in [-0.2, -0.15) is 0 Å². The van der Waals surface area contributed by atoms with Gasteiger partial charge in [-0.05, 0) is 12.5 Å². The lowest BCUT2D eigenvalue weighted by Crippen LogP contribution is -2.28. The summed E-state index contributed by atoms with van der Waals surface area (Å²) in [4.78, 5) is 3.53. The van der Waals surface area contributed by atoms with E-state index in [-0.39, 0.29) is 0 Å². The van der Waals surface area contributed by atoms with E-state index in [1.165, 1.54) is 12.4 Å². The standard InChI is InChI=1S/C5H8N2O2/c1-4-2-6-5(8)7(9)3-4/h2-3,5,8-9H,1H3. The molecule has 50 valence electrons. The van der Waals surface area contributed by atoms with Crippen LogP contribution in [0.15, 0.2) is 16.8 Å². The summed E-state index contributed by atoms with van der Waals surface area (Å²) in [7, 11) is 0. The molecule has 1 aliphatic heterocycles. The summed E-state index contributed by atoms with van der Waals surface area (Å²) < 4.78 is 0. The number of hydrogen-bond acceptors (Lipinski definition) is 4. The van der Waals surface area contributed by atoms with Gasteiger partial charge in [0.2, 0.25) is 6.35 Å². The largest absolute Gasteiger partial charge is 0.353 e. The lowest BCUT2D eigenvalue weighted by Gasteiger charge is -2.18. The van der Waals surface area contributed by atoms with E-state index in [0.717, 1.165) is 5.57 Å². The summed E-state index contributed by atoms with van der Waals surface area (Å²) in [5.41, 5.74) is 0.808. The third-order valence-electron chi connectivity index (χ3n) is 0.984. The lowest BCUT2D eigenvalue weighted by atomic mass is 10.3. The van der Waals surface area contributed by atoms with Gasteiger partial charge < -0.3 is 5.11 Å². The molecule has 1 rings (SSSR count). The summed E-state index contributed by atoms with van der Waals surface area (Å²) in [6.07, 6.45) is 1.77. The molecule has 0 saturated carbocycles. The fraction of sp³-hybridized carbons (Fsp3) is 0.400. The molecule has 1 atom stereocenters. The van der Waals surface area contributed by atoms with Crippen LogP contribution < -0.4 is 0 Å². The van der Waals surface area contributed by atoms with Crippen LogP contribution in [0.3, 0.4) is 0 Å². The maximum Gasteiger partial charge on any atom is 0.247 e. The van der Waals surface area contributed by atoms with Gasteiger partial charge in [-0.3, -0.25) is 5.21 Å². The molecule has 0 aromatic heterocycles. The minimum atomic E-state index is -1.13. The first-order valence-electron chi connectivity index (χ1n) is 2.57. The average Bonchev–Trinajstić information content (AvgIpc) is 1.80. The molecular weight excluding hydrogens is 120 g/mol. The molecule has 0 saturated heterocycles. The van der Waals surface area contributed by atoms with Gasteiger partial charge in [0.25, 0.3) is 0 Å². The Morgan fingerprint density at radius 2 is 2.44 bits per heavy atom. The Morgan fingerprint density at radius 1 is 1.78 bits per heavy atom. The quantitative estimate of drug-likeness (QED) is 0.480. The Balaban J connectivity index is 2.70. The van der Waals surface area contributed by atoms with Gasteiger partial charge in [-0.15, -0.1) is 0 Å². The maximum absolute atomic E-state index is 8.74. The van der Waals surface area contributed by atoms with Crippen molar-refractivity contribution in [1.82, 2.24) is 5.06 Å². The van der Waals surface area contributed by atoms with Crippen molar-refractivity contribution >= 4 is 6.21 Å². The minimum absolute atomic E-state index is 0.648. The molecule has 0 spiro atoms. The van der Waals surface area contributed by atoms with Gasteiger partial charge in [0.05, 0.1) is 0 Å². The van der Waals surface area contributed by atoms with E-state index in [2.05, 4.69) is 4.99 Å². The average molecular weight is 128 g/mol. The third-order valence-corrected chi connectivity index (χ3v) is 0.984. The van der Waals surface area contributed by atoms with E-state index >= 15 is 0 Å². The lowest BCUT2D eigenvalue weighted by molar-refractivity contribution is -0.155. The van der Waals surface area contributed by atoms with E-state index in [4.69, 9.17) is 10.3 Å². The topological polar surface area (TPSA) is 56.1 Å². The van der Waals surface area contributed by atoms with Crippen molar-refractivity contribution in [3.8, 4) is 0 Å². The van der Waals surface area contributed by atoms with Gasteiger partial charge >= 0.3 is 0 Å². The molecule has 0 aliphatic carbocycles. The van der Waals surface area contributed by atoms with Crippen molar-refractivity contribution in [1.29, 1.82) is 0 Å². The Morgan fingerprint density at radius 3 is 2.89 bits per heavy atom. The summed E-state index contributed by atoms with van der Waals surface area (Å²) >= 11 is 0. The van der Waals surface area contributed by atoms with Crippen molar-refractivity contribution in [3.05, 3.63) is 11.8 Å². The molecule has 0 amide bonds. The van der Waals surface area contributed by atoms with Crippen LogP contribution in [-0.2, 0) is 0 Å². The van der Waals surface area contributed by atoms with Gasteiger partial charge in [0.15, 0.2) is 0 Å². The van der Waals surface area contributed by atoms with Crippen molar-refractivity contribution < 1.29 is 10.3 Å². The van der Waals surface area contributed by atoms with E-state index in [0.29, 0.717) is 5.06 Å². The molecule has 0 aromatic rings. The fourth-order valence-electron chi connectivity index (χ4n) is 0.561. The first-order chi connectivity index (χ1) is 4.20. The Bertz CT molecular complexity index is 164. The zero-order chi connectivity index (χ0) is 6.85. The number of aliphatic imine (C=N–C) groups is 1. The highest BCUT2D eigenvalue weighted by Crippen LogP contribution is 2.03. The Labute approximate surface area is 52.7 Å². The molecule has 0 bridgehead atoms. The first-order valence-corrected chi connectivity index (χ1v) is 2.57. The molecule has 4 heteroatoms. The van der Waals surface area contributed by atoms with Gasteiger partial charge in [-0.1, -0.05) is 0 Å². The molecule has 1 heterocycles. The number of hydroxylamine groups is 2. The monoisotopic (exact) mass is 128 g/mol. The minimum Gasteiger partial charge on any atom is -0.353 e. The molecule has 0 aromatic carbocycles. The van der Waals surface area contributed by atoms with Gasteiger partial charge in [-0.25, -0.2) is 10.1 Å². The highest BCUT2D eigenvalue weighted by molar-refractivity contribution is 5.78. The summed E-state index contributed by atoms with van der Waals surface area (Å²) in [6, 6.07) is 0. The van der Waals surface area contributed by atoms with Crippen LogP contribution in [0.5, 0.6) is 0 Å². The van der Waals surface area contributed by atoms with E-state index in [1.807, 2.05) is 0 Å². The molecule has 0 fully saturated rings. The number of nitrogens with zero attached hydrogens (tertiary/aromatic N) is 2. The van der Waals surface area contributed by atoms with Crippen molar-refractivity contribution in [2.75, 3.05) is 0 Å². The highest BCUT2D eigenvalue weighted by Gasteiger charge is 2.09. The van der Waals surface area contributed by atoms with Crippen molar-refractivity contribution in [3.63, 3.8) is 0 Å². The molecule has 2 N–H and O–H groups in total. The number of aliphatic hydroxyl groups excluding tert-OH is 1. The van der Waals surface area contributed by atoms with E-state index in [9.17, 15) is 0 Å². The summed E-state index contributed by atoms with van der Waals surface area (Å²) in [5.74, 6) is 0. The third kappa shape index (κ3) is 1.28. The molecule has 1 aliphatic rings. The van der Waals surface area contributed by atoms with Gasteiger partial charge in [0, 0.05) is 12.4 Å². The van der Waals surface area contributed by atoms with Crippen LogP contribution >= 0.6 is 0 Å². The second-order valence-electron chi connectivity index (χ2n) is 1.88. The number of allylic oxidation sites excluding steroid dienone is 1. The van der Waals surface area contributed by atoms with Crippen LogP contribution in [0.25, 0.3) is 0 Å². The molecule has 9 heavy (non-hydrogen) atoms. The summed E-state index contributed by atoms with van der Waals surface area (Å²) in [6.45, 7) is 1.78. The first kappa shape index (κ1) is 6.25. The van der Waals surface area contributed by atoms with Crippen LogP contribution in [0.4, 0.5) is 0 Å². The maximum atomic E-state index is 8.74. The zero-order valence-corrected chi connectivity index (χ0v) is 5.02. The number of aliphatic hydroxyl groups is 1. The molecule has 0 radical (unpaired) electrons. The number of rotatable bonds is 0. The van der Waals surface area contributed by atoms with E-state index < -0.39 is 6.35 Å². The predicted molar refractivity (Wildman–Crippen MR) is 31.9 cm³/mol. The van der Waals surface area contributed by atoms with Crippen LogP contribution in [0, 0.1) is 0 Å². The Hall–Kier alpha value is -0.870. The van der Waals surface area contributed by atoms with Gasteiger partial charge in [0.1, 0.15) is 0 Å². The fourth-order valence-corrected chi connectivity index (χ4v) is 0.561. The van der Waals surface area contributed by atoms with Crippen molar-refractivity contribution in [2.24, 2.45) is 4.99 Å². The Kier molecular flexibility index (Phi) is 1.50. The molecule has 4 nitrogen and oxygen atoms in total. The number of hydrogen-bond donors (Lipinski definition) is 2. The second kappa shape index (κ2) is 2.16. The SMILES string of the molecule is CC1=CN(O)C(O)N=C1. The second-order valence-corrected chi connectivity index (χ2v) is 1.88. The normalized spacial score (nSPS) is 26.3. The molecule has 1 unspecified atom stereocenters.